The van der Waals surface area contributed by atoms with Crippen LogP contribution in [-0.2, 0) is 14.3 Å². The Labute approximate surface area is 205 Å². The van der Waals surface area contributed by atoms with Crippen LogP contribution in [0.25, 0.3) is 11.1 Å². The molecule has 5 atom stereocenters. The number of nitrogens with one attached hydrogen (secondary N) is 2. The molecule has 7 heteroatoms. The fraction of sp³-hybridized carbons (Fsp3) is 0.464. The lowest BCUT2D eigenvalue weighted by Crippen LogP contribution is -2.50. The first-order chi connectivity index (χ1) is 16.9. The molecule has 5 rings (SSSR count). The molecular formula is C28H32N2O5. The van der Waals surface area contributed by atoms with Gasteiger partial charge in [0.1, 0.15) is 6.61 Å². The average Bonchev–Trinajstić information content (AvgIpc) is 3.35. The molecule has 184 valence electrons. The van der Waals surface area contributed by atoms with E-state index in [9.17, 15) is 14.4 Å². The van der Waals surface area contributed by atoms with Gasteiger partial charge in [-0.15, -0.1) is 0 Å². The molecule has 7 nitrogen and oxygen atoms in total. The molecule has 0 aromatic heterocycles. The monoisotopic (exact) mass is 476 g/mol. The summed E-state index contributed by atoms with van der Waals surface area (Å²) in [6, 6.07) is 16.2. The molecule has 2 amide bonds. The second kappa shape index (κ2) is 9.72. The van der Waals surface area contributed by atoms with Crippen molar-refractivity contribution in [1.29, 1.82) is 0 Å². The maximum Gasteiger partial charge on any atom is 0.407 e. The number of aliphatic carboxylic acids is 1. The molecule has 0 saturated heterocycles. The van der Waals surface area contributed by atoms with E-state index in [1.54, 1.807) is 0 Å². The average molecular weight is 477 g/mol. The van der Waals surface area contributed by atoms with Gasteiger partial charge in [0, 0.05) is 23.9 Å². The Morgan fingerprint density at radius 1 is 1.00 bits per heavy atom. The third kappa shape index (κ3) is 4.64. The van der Waals surface area contributed by atoms with Crippen LogP contribution in [0, 0.1) is 17.8 Å². The molecule has 35 heavy (non-hydrogen) atoms. The predicted octanol–water partition coefficient (Wildman–Crippen LogP) is 4.31. The lowest BCUT2D eigenvalue weighted by atomic mass is 9.71. The highest BCUT2D eigenvalue weighted by Crippen LogP contribution is 2.50. The zero-order valence-electron chi connectivity index (χ0n) is 19.9. The van der Waals surface area contributed by atoms with Crippen LogP contribution in [0.1, 0.15) is 56.1 Å². The minimum Gasteiger partial charge on any atom is -0.481 e. The number of carbonyl (C=O) groups is 3. The molecule has 3 aliphatic carbocycles. The van der Waals surface area contributed by atoms with Gasteiger partial charge < -0.3 is 20.5 Å². The fourth-order valence-electron chi connectivity index (χ4n) is 6.23. The maximum atomic E-state index is 12.7. The summed E-state index contributed by atoms with van der Waals surface area (Å²) in [5.41, 5.74) is 4.76. The Morgan fingerprint density at radius 2 is 1.66 bits per heavy atom. The summed E-state index contributed by atoms with van der Waals surface area (Å²) >= 11 is 0. The Morgan fingerprint density at radius 3 is 2.29 bits per heavy atom. The Kier molecular flexibility index (Phi) is 6.50. The smallest absolute Gasteiger partial charge is 0.407 e. The van der Waals surface area contributed by atoms with Crippen LogP contribution < -0.4 is 10.6 Å². The minimum atomic E-state index is -0.906. The van der Waals surface area contributed by atoms with Gasteiger partial charge in [-0.25, -0.2) is 4.79 Å². The Hall–Kier alpha value is -3.35. The van der Waals surface area contributed by atoms with Crippen molar-refractivity contribution < 1.29 is 24.2 Å². The van der Waals surface area contributed by atoms with Crippen molar-refractivity contribution >= 4 is 18.0 Å². The number of hydrogen-bond acceptors (Lipinski definition) is 4. The molecule has 0 spiro atoms. The molecule has 1 unspecified atom stereocenters. The highest BCUT2D eigenvalue weighted by Gasteiger charge is 2.50. The summed E-state index contributed by atoms with van der Waals surface area (Å²) in [6.07, 6.45) is 2.48. The first kappa shape index (κ1) is 23.4. The zero-order valence-corrected chi connectivity index (χ0v) is 19.9. The maximum absolute atomic E-state index is 12.7. The van der Waals surface area contributed by atoms with E-state index in [0.29, 0.717) is 18.8 Å². The number of rotatable bonds is 8. The first-order valence-electron chi connectivity index (χ1n) is 12.6. The summed E-state index contributed by atoms with van der Waals surface area (Å²) in [4.78, 5) is 36.3. The Bertz CT molecular complexity index is 1090. The molecule has 0 aliphatic heterocycles. The molecule has 2 aromatic carbocycles. The van der Waals surface area contributed by atoms with Crippen molar-refractivity contribution in [1.82, 2.24) is 10.6 Å². The van der Waals surface area contributed by atoms with Gasteiger partial charge in [0.05, 0.1) is 6.42 Å². The quantitative estimate of drug-likeness (QED) is 0.527. The standard InChI is InChI=1S/C28H32N2O5/c1-2-18(14-26(31)32)29-27(33)17-11-16-13-25(23(16)12-17)30-28(34)35-15-24-21-9-5-3-7-19(21)20-8-4-6-10-22(20)24/h3-10,16-18,23-25H,2,11-15H2,1H3,(H,29,33)(H,30,34)(H,31,32)/t16-,17?,18-,23-,25+/m1/s1. The van der Waals surface area contributed by atoms with E-state index in [4.69, 9.17) is 9.84 Å². The van der Waals surface area contributed by atoms with Crippen LogP contribution in [0.3, 0.4) is 0 Å². The van der Waals surface area contributed by atoms with Gasteiger partial charge in [0.25, 0.3) is 0 Å². The van der Waals surface area contributed by atoms with Crippen LogP contribution in [0.4, 0.5) is 4.79 Å². The summed E-state index contributed by atoms with van der Waals surface area (Å²) in [5.74, 6) is -0.375. The van der Waals surface area contributed by atoms with Crippen molar-refractivity contribution in [2.75, 3.05) is 6.61 Å². The van der Waals surface area contributed by atoms with E-state index >= 15 is 0 Å². The van der Waals surface area contributed by atoms with Crippen molar-refractivity contribution in [3.63, 3.8) is 0 Å². The van der Waals surface area contributed by atoms with Gasteiger partial charge in [0.2, 0.25) is 5.91 Å². The third-order valence-corrected chi connectivity index (χ3v) is 8.10. The van der Waals surface area contributed by atoms with E-state index in [0.717, 1.165) is 12.8 Å². The molecule has 3 N–H and O–H groups in total. The second-order valence-corrected chi connectivity index (χ2v) is 10.1. The van der Waals surface area contributed by atoms with Gasteiger partial charge in [-0.1, -0.05) is 55.5 Å². The predicted molar refractivity (Wildman–Crippen MR) is 131 cm³/mol. The van der Waals surface area contributed by atoms with Crippen LogP contribution in [0.5, 0.6) is 0 Å². The van der Waals surface area contributed by atoms with E-state index in [-0.39, 0.29) is 48.8 Å². The van der Waals surface area contributed by atoms with Gasteiger partial charge in [0.15, 0.2) is 0 Å². The fourth-order valence-corrected chi connectivity index (χ4v) is 6.23. The number of alkyl carbamates (subject to hydrolysis) is 1. The number of carboxylic acids is 1. The number of carboxylic acid groups (broad SMARTS) is 1. The van der Waals surface area contributed by atoms with Crippen molar-refractivity contribution in [2.24, 2.45) is 17.8 Å². The lowest BCUT2D eigenvalue weighted by molar-refractivity contribution is -0.137. The van der Waals surface area contributed by atoms with Crippen LogP contribution in [-0.4, -0.2) is 41.8 Å². The van der Waals surface area contributed by atoms with E-state index < -0.39 is 12.1 Å². The van der Waals surface area contributed by atoms with Gasteiger partial charge in [-0.2, -0.15) is 0 Å². The van der Waals surface area contributed by atoms with E-state index in [1.165, 1.54) is 22.3 Å². The minimum absolute atomic E-state index is 0.0226. The molecule has 3 aliphatic rings. The van der Waals surface area contributed by atoms with Gasteiger partial charge in [-0.05, 0) is 59.8 Å². The molecule has 2 fully saturated rings. The summed E-state index contributed by atoms with van der Waals surface area (Å²) in [6.45, 7) is 2.16. The second-order valence-electron chi connectivity index (χ2n) is 10.1. The number of fused-ring (bicyclic) bond motifs is 4. The van der Waals surface area contributed by atoms with Crippen molar-refractivity contribution in [2.45, 2.75) is 57.0 Å². The molecule has 2 aromatic rings. The molecule has 0 radical (unpaired) electrons. The van der Waals surface area contributed by atoms with Gasteiger partial charge in [-0.3, -0.25) is 9.59 Å². The summed E-state index contributed by atoms with van der Waals surface area (Å²) in [7, 11) is 0. The molecular weight excluding hydrogens is 444 g/mol. The van der Waals surface area contributed by atoms with Crippen LogP contribution in [0.2, 0.25) is 0 Å². The first-order valence-corrected chi connectivity index (χ1v) is 12.6. The summed E-state index contributed by atoms with van der Waals surface area (Å²) < 4.78 is 5.69. The van der Waals surface area contributed by atoms with Crippen LogP contribution in [0.15, 0.2) is 48.5 Å². The number of ether oxygens (including phenoxy) is 1. The lowest BCUT2D eigenvalue weighted by Gasteiger charge is -2.40. The highest BCUT2D eigenvalue weighted by molar-refractivity contribution is 5.81. The highest BCUT2D eigenvalue weighted by atomic mass is 16.5. The normalized spacial score (nSPS) is 24.9. The van der Waals surface area contributed by atoms with Gasteiger partial charge >= 0.3 is 12.1 Å². The molecule has 2 saturated carbocycles. The topological polar surface area (TPSA) is 105 Å². The van der Waals surface area contributed by atoms with E-state index in [1.807, 2.05) is 31.2 Å². The van der Waals surface area contributed by atoms with Crippen molar-refractivity contribution in [3.8, 4) is 11.1 Å². The zero-order chi connectivity index (χ0) is 24.5. The number of benzene rings is 2. The SMILES string of the molecule is CC[C@H](CC(=O)O)NC(=O)C1C[C@@H]2C[C@H](NC(=O)OCC3c4ccccc4-c4ccccc43)[C@@H]2C1. The largest absolute Gasteiger partial charge is 0.481 e. The van der Waals surface area contributed by atoms with Crippen molar-refractivity contribution in [3.05, 3.63) is 59.7 Å². The summed E-state index contributed by atoms with van der Waals surface area (Å²) in [5, 5.41) is 14.9. The Balaban J connectivity index is 1.12. The third-order valence-electron chi connectivity index (χ3n) is 8.10. The van der Waals surface area contributed by atoms with E-state index in [2.05, 4.69) is 34.9 Å². The number of hydrogen-bond donors (Lipinski definition) is 3. The van der Waals surface area contributed by atoms with Crippen LogP contribution >= 0.6 is 0 Å². The number of carbonyl (C=O) groups excluding carboxylic acids is 2. The molecule has 0 bridgehead atoms. The number of amides is 2. The molecule has 0 heterocycles.